The van der Waals surface area contributed by atoms with Crippen LogP contribution in [0.5, 0.6) is 0 Å². The van der Waals surface area contributed by atoms with Gasteiger partial charge in [0.15, 0.2) is 6.29 Å². The maximum Gasteiger partial charge on any atom is 0.411 e. The van der Waals surface area contributed by atoms with Gasteiger partial charge in [0.1, 0.15) is 11.6 Å². The number of carbonyl (C=O) groups excluding carboxylic acids is 2. The number of aliphatic carboxylic acids is 1. The van der Waals surface area contributed by atoms with Crippen molar-refractivity contribution < 1.29 is 29.2 Å². The van der Waals surface area contributed by atoms with Gasteiger partial charge >= 0.3 is 12.1 Å². The number of anilines is 1. The summed E-state index contributed by atoms with van der Waals surface area (Å²) in [5, 5.41) is 20.5. The molecule has 1 saturated heterocycles. The van der Waals surface area contributed by atoms with E-state index in [2.05, 4.69) is 0 Å². The zero-order valence-corrected chi connectivity index (χ0v) is 15.2. The molecule has 10 nitrogen and oxygen atoms in total. The molecule has 2 rings (SSSR count). The van der Waals surface area contributed by atoms with Gasteiger partial charge in [0.2, 0.25) is 0 Å². The van der Waals surface area contributed by atoms with Crippen LogP contribution in [0.3, 0.4) is 0 Å². The van der Waals surface area contributed by atoms with Crippen LogP contribution in [0.25, 0.3) is 0 Å². The molecule has 0 radical (unpaired) electrons. The summed E-state index contributed by atoms with van der Waals surface area (Å²) in [5.74, 6) is -1.19. The van der Waals surface area contributed by atoms with Crippen molar-refractivity contribution in [3.05, 3.63) is 33.9 Å². The summed E-state index contributed by atoms with van der Waals surface area (Å²) in [5.41, 5.74) is -0.707. The fourth-order valence-electron chi connectivity index (χ4n) is 2.77. The molecule has 1 atom stereocenters. The molecule has 1 heterocycles. The lowest BCUT2D eigenvalue weighted by atomic mass is 10.1. The fourth-order valence-corrected chi connectivity index (χ4v) is 2.77. The molecule has 0 spiro atoms. The zero-order chi connectivity index (χ0) is 20.4. The van der Waals surface area contributed by atoms with Gasteiger partial charge in [0.25, 0.3) is 5.69 Å². The van der Waals surface area contributed by atoms with E-state index in [0.717, 1.165) is 4.90 Å². The summed E-state index contributed by atoms with van der Waals surface area (Å²) >= 11 is 0. The minimum Gasteiger partial charge on any atom is -0.480 e. The maximum absolute atomic E-state index is 12.3. The Morgan fingerprint density at radius 2 is 2.00 bits per heavy atom. The number of aldehydes is 1. The van der Waals surface area contributed by atoms with E-state index in [1.165, 1.54) is 18.2 Å². The highest BCUT2D eigenvalue weighted by atomic mass is 16.6. The summed E-state index contributed by atoms with van der Waals surface area (Å²) < 4.78 is 5.26. The number of nitro benzene ring substituents is 1. The summed E-state index contributed by atoms with van der Waals surface area (Å²) in [7, 11) is 0. The van der Waals surface area contributed by atoms with Crippen LogP contribution in [0.4, 0.5) is 16.2 Å². The normalized spacial score (nSPS) is 17.4. The van der Waals surface area contributed by atoms with E-state index in [9.17, 15) is 29.6 Å². The quantitative estimate of drug-likeness (QED) is 0.477. The molecule has 0 unspecified atom stereocenters. The second-order valence-electron chi connectivity index (χ2n) is 7.09. The minimum absolute atomic E-state index is 0.0370. The molecule has 1 aromatic rings. The number of carbonyl (C=O) groups is 3. The molecule has 1 fully saturated rings. The summed E-state index contributed by atoms with van der Waals surface area (Å²) in [6.45, 7) is 5.42. The van der Waals surface area contributed by atoms with Crippen molar-refractivity contribution in [2.45, 2.75) is 32.4 Å². The molecule has 1 aromatic carbocycles. The molecule has 27 heavy (non-hydrogen) atoms. The highest BCUT2D eigenvalue weighted by molar-refractivity contribution is 5.84. The van der Waals surface area contributed by atoms with Crippen molar-refractivity contribution in [1.82, 2.24) is 4.90 Å². The van der Waals surface area contributed by atoms with Gasteiger partial charge < -0.3 is 14.7 Å². The van der Waals surface area contributed by atoms with Gasteiger partial charge in [-0.1, -0.05) is 0 Å². The molecule has 0 saturated carbocycles. The number of benzene rings is 1. The van der Waals surface area contributed by atoms with Crippen molar-refractivity contribution in [3.8, 4) is 0 Å². The lowest BCUT2D eigenvalue weighted by molar-refractivity contribution is -0.385. The van der Waals surface area contributed by atoms with E-state index in [0.29, 0.717) is 18.5 Å². The molecule has 0 aromatic heterocycles. The number of ether oxygens (including phenoxy) is 1. The second-order valence-corrected chi connectivity index (χ2v) is 7.09. The van der Waals surface area contributed by atoms with Gasteiger partial charge in [0.05, 0.1) is 10.5 Å². The first-order chi connectivity index (χ1) is 12.5. The van der Waals surface area contributed by atoms with E-state index in [-0.39, 0.29) is 24.3 Å². The molecule has 1 amide bonds. The molecular weight excluding hydrogens is 358 g/mol. The number of nitro groups is 1. The van der Waals surface area contributed by atoms with Crippen molar-refractivity contribution >= 4 is 29.7 Å². The number of carboxylic acids is 1. The van der Waals surface area contributed by atoms with Gasteiger partial charge in [-0.2, -0.15) is 0 Å². The molecule has 1 aliphatic rings. The van der Waals surface area contributed by atoms with E-state index in [1.54, 1.807) is 25.7 Å². The molecule has 0 bridgehead atoms. The molecule has 1 N–H and O–H groups in total. The van der Waals surface area contributed by atoms with Crippen LogP contribution in [0.15, 0.2) is 18.2 Å². The van der Waals surface area contributed by atoms with Crippen LogP contribution in [0, 0.1) is 10.1 Å². The lowest BCUT2D eigenvalue weighted by Gasteiger charge is -2.40. The highest BCUT2D eigenvalue weighted by Gasteiger charge is 2.38. The van der Waals surface area contributed by atoms with Crippen LogP contribution < -0.4 is 4.90 Å². The summed E-state index contributed by atoms with van der Waals surface area (Å²) in [6, 6.07) is 2.85. The van der Waals surface area contributed by atoms with Crippen LogP contribution in [0.2, 0.25) is 0 Å². The highest BCUT2D eigenvalue weighted by Crippen LogP contribution is 2.26. The Morgan fingerprint density at radius 1 is 1.33 bits per heavy atom. The standard InChI is InChI=1S/C17H21N3O7/c1-17(2,3)27-16(24)19-7-6-18(9-14(19)15(22)23)12-4-5-13(20(25)26)11(8-12)10-21/h4-5,8,10,14H,6-7,9H2,1-3H3,(H,22,23)/t14-/m0/s1. The Bertz CT molecular complexity index is 772. The monoisotopic (exact) mass is 379 g/mol. The summed E-state index contributed by atoms with van der Waals surface area (Å²) in [6.07, 6.45) is -0.334. The van der Waals surface area contributed by atoms with Crippen molar-refractivity contribution in [1.29, 1.82) is 0 Å². The largest absolute Gasteiger partial charge is 0.480 e. The van der Waals surface area contributed by atoms with Gasteiger partial charge in [-0.3, -0.25) is 19.8 Å². The van der Waals surface area contributed by atoms with Gasteiger partial charge in [-0.05, 0) is 32.9 Å². The minimum atomic E-state index is -1.19. The Balaban J connectivity index is 2.24. The predicted octanol–water partition coefficient (Wildman–Crippen LogP) is 1.92. The molecule has 0 aliphatic carbocycles. The Hall–Kier alpha value is -3.17. The average Bonchev–Trinajstić information content (AvgIpc) is 2.58. The Morgan fingerprint density at radius 3 is 2.52 bits per heavy atom. The topological polar surface area (TPSA) is 130 Å². The average molecular weight is 379 g/mol. The van der Waals surface area contributed by atoms with Crippen LogP contribution in [-0.4, -0.2) is 64.6 Å². The predicted molar refractivity (Wildman–Crippen MR) is 95.1 cm³/mol. The first-order valence-corrected chi connectivity index (χ1v) is 8.24. The van der Waals surface area contributed by atoms with Crippen LogP contribution >= 0.6 is 0 Å². The lowest BCUT2D eigenvalue weighted by Crippen LogP contribution is -2.59. The van der Waals surface area contributed by atoms with E-state index in [1.807, 2.05) is 0 Å². The van der Waals surface area contributed by atoms with Crippen LogP contribution in [0.1, 0.15) is 31.1 Å². The number of amides is 1. The Labute approximate surface area is 155 Å². The number of piperazine rings is 1. The third-order valence-corrected chi connectivity index (χ3v) is 3.99. The fraction of sp³-hybridized carbons (Fsp3) is 0.471. The number of hydrogen-bond donors (Lipinski definition) is 1. The van der Waals surface area contributed by atoms with Gasteiger partial charge in [-0.25, -0.2) is 9.59 Å². The van der Waals surface area contributed by atoms with Gasteiger partial charge in [-0.15, -0.1) is 0 Å². The third-order valence-electron chi connectivity index (χ3n) is 3.99. The number of rotatable bonds is 4. The zero-order valence-electron chi connectivity index (χ0n) is 15.2. The van der Waals surface area contributed by atoms with Crippen molar-refractivity contribution in [3.63, 3.8) is 0 Å². The smallest absolute Gasteiger partial charge is 0.411 e. The number of hydrogen-bond acceptors (Lipinski definition) is 7. The number of carboxylic acid groups (broad SMARTS) is 1. The summed E-state index contributed by atoms with van der Waals surface area (Å²) in [4.78, 5) is 48.2. The molecule has 146 valence electrons. The molecule has 10 heteroatoms. The van der Waals surface area contributed by atoms with Crippen molar-refractivity contribution in [2.24, 2.45) is 0 Å². The second kappa shape index (κ2) is 7.60. The first kappa shape index (κ1) is 20.1. The van der Waals surface area contributed by atoms with Gasteiger partial charge in [0, 0.05) is 31.4 Å². The van der Waals surface area contributed by atoms with Crippen LogP contribution in [-0.2, 0) is 9.53 Å². The maximum atomic E-state index is 12.3. The van der Waals surface area contributed by atoms with E-state index >= 15 is 0 Å². The third kappa shape index (κ3) is 4.72. The SMILES string of the molecule is CC(C)(C)OC(=O)N1CCN(c2ccc([N+](=O)[O-])c(C=O)c2)C[C@H]1C(=O)O. The number of nitrogens with zero attached hydrogens (tertiary/aromatic N) is 3. The van der Waals surface area contributed by atoms with Crippen molar-refractivity contribution in [2.75, 3.05) is 24.5 Å². The van der Waals surface area contributed by atoms with E-state index in [4.69, 9.17) is 4.74 Å². The first-order valence-electron chi connectivity index (χ1n) is 8.24. The van der Waals surface area contributed by atoms with E-state index < -0.39 is 28.6 Å². The molecule has 1 aliphatic heterocycles. The Kier molecular flexibility index (Phi) is 5.67. The molecular formula is C17H21N3O7.